The maximum absolute atomic E-state index is 5.82. The highest BCUT2D eigenvalue weighted by molar-refractivity contribution is 5.93. The monoisotopic (exact) mass is 176 g/mol. The van der Waals surface area contributed by atoms with Gasteiger partial charge in [0.15, 0.2) is 5.75 Å². The molecule has 13 heavy (non-hydrogen) atoms. The van der Waals surface area contributed by atoms with Crippen molar-refractivity contribution in [1.29, 1.82) is 0 Å². The molecule has 0 unspecified atom stereocenters. The molecule has 0 fully saturated rings. The molecule has 0 saturated carbocycles. The summed E-state index contributed by atoms with van der Waals surface area (Å²) < 4.78 is 5.23. The second-order valence-corrected chi connectivity index (χ2v) is 3.08. The molecule has 1 heterocycles. The number of nitrogens with two attached hydrogens (primary N) is 1. The van der Waals surface area contributed by atoms with Crippen LogP contribution in [0.3, 0.4) is 0 Å². The van der Waals surface area contributed by atoms with Crippen LogP contribution < -0.4 is 10.5 Å². The molecule has 1 aromatic heterocycles. The van der Waals surface area contributed by atoms with Crippen molar-refractivity contribution in [3.05, 3.63) is 23.9 Å². The van der Waals surface area contributed by atoms with Crippen LogP contribution in [-0.2, 0) is 0 Å². The molecule has 0 radical (unpaired) electrons. The number of nitrogens with one attached hydrogen (secondary N) is 1. The first kappa shape index (κ1) is 7.98. The first-order valence-corrected chi connectivity index (χ1v) is 4.14. The van der Waals surface area contributed by atoms with Gasteiger partial charge in [-0.25, -0.2) is 0 Å². The van der Waals surface area contributed by atoms with Crippen LogP contribution in [0.1, 0.15) is 5.56 Å². The van der Waals surface area contributed by atoms with Crippen molar-refractivity contribution in [3.8, 4) is 5.75 Å². The Labute approximate surface area is 76.5 Å². The third kappa shape index (κ3) is 1.04. The normalized spacial score (nSPS) is 10.6. The van der Waals surface area contributed by atoms with Crippen molar-refractivity contribution in [2.75, 3.05) is 12.8 Å². The fourth-order valence-corrected chi connectivity index (χ4v) is 1.64. The van der Waals surface area contributed by atoms with Crippen LogP contribution in [0.5, 0.6) is 5.75 Å². The Morgan fingerprint density at radius 2 is 2.23 bits per heavy atom. The molecule has 0 aliphatic rings. The Kier molecular flexibility index (Phi) is 1.65. The minimum atomic E-state index is 0.687. The Morgan fingerprint density at radius 1 is 1.46 bits per heavy atom. The van der Waals surface area contributed by atoms with E-state index in [1.54, 1.807) is 7.11 Å². The Bertz CT molecular complexity index is 445. The summed E-state index contributed by atoms with van der Waals surface area (Å²) in [4.78, 5) is 3.15. The number of methoxy groups -OCH3 is 1. The van der Waals surface area contributed by atoms with Gasteiger partial charge in [0, 0.05) is 11.6 Å². The number of rotatable bonds is 1. The minimum absolute atomic E-state index is 0.687. The van der Waals surface area contributed by atoms with Gasteiger partial charge in [-0.05, 0) is 24.6 Å². The highest BCUT2D eigenvalue weighted by atomic mass is 16.5. The zero-order valence-corrected chi connectivity index (χ0v) is 7.72. The number of H-pyrrole nitrogens is 1. The van der Waals surface area contributed by atoms with Gasteiger partial charge < -0.3 is 15.5 Å². The number of anilines is 1. The number of ether oxygens (including phenoxy) is 1. The lowest BCUT2D eigenvalue weighted by Crippen LogP contribution is -1.93. The summed E-state index contributed by atoms with van der Waals surface area (Å²) in [6.07, 6.45) is 1.89. The number of aromatic nitrogens is 1. The van der Waals surface area contributed by atoms with E-state index < -0.39 is 0 Å². The van der Waals surface area contributed by atoms with Crippen LogP contribution >= 0.6 is 0 Å². The quantitative estimate of drug-likeness (QED) is 0.653. The number of fused-ring (bicyclic) bond motifs is 1. The van der Waals surface area contributed by atoms with Crippen LogP contribution in [0, 0.1) is 6.92 Å². The Balaban J connectivity index is 2.88. The molecular formula is C10H12N2O. The molecule has 1 aromatic carbocycles. The largest absolute Gasteiger partial charge is 0.494 e. The zero-order chi connectivity index (χ0) is 9.42. The maximum atomic E-state index is 5.82. The Hall–Kier alpha value is -1.64. The molecule has 3 nitrogen and oxygen atoms in total. The van der Waals surface area contributed by atoms with E-state index in [9.17, 15) is 0 Å². The summed E-state index contributed by atoms with van der Waals surface area (Å²) in [5.41, 5.74) is 8.73. The highest BCUT2D eigenvalue weighted by Gasteiger charge is 2.08. The third-order valence-electron chi connectivity index (χ3n) is 2.22. The van der Waals surface area contributed by atoms with Crippen LogP contribution in [0.2, 0.25) is 0 Å². The smallest absolute Gasteiger partial charge is 0.151 e. The van der Waals surface area contributed by atoms with E-state index in [1.165, 1.54) is 0 Å². The van der Waals surface area contributed by atoms with Crippen LogP contribution in [0.25, 0.3) is 10.9 Å². The summed E-state index contributed by atoms with van der Waals surface area (Å²) in [5, 5.41) is 1.04. The molecule has 0 atom stereocenters. The summed E-state index contributed by atoms with van der Waals surface area (Å²) in [6.45, 7) is 2.02. The lowest BCUT2D eigenvalue weighted by atomic mass is 10.1. The molecular weight excluding hydrogens is 164 g/mol. The fraction of sp³-hybridized carbons (Fsp3) is 0.200. The number of hydrogen-bond donors (Lipinski definition) is 2. The van der Waals surface area contributed by atoms with Crippen molar-refractivity contribution < 1.29 is 4.74 Å². The molecule has 0 amide bonds. The predicted octanol–water partition coefficient (Wildman–Crippen LogP) is 2.07. The third-order valence-corrected chi connectivity index (χ3v) is 2.22. The SMILES string of the molecule is COc1c(N)cc(C)c2[nH]ccc12. The standard InChI is InChI=1S/C10H12N2O/c1-6-5-8(11)10(13-2)7-3-4-12-9(6)7/h3-5,12H,11H2,1-2H3. The van der Waals surface area contributed by atoms with Crippen LogP contribution in [-0.4, -0.2) is 12.1 Å². The number of nitrogen functional groups attached to an aromatic ring is 1. The number of hydrogen-bond acceptors (Lipinski definition) is 2. The van der Waals surface area contributed by atoms with Crippen molar-refractivity contribution in [1.82, 2.24) is 4.98 Å². The first-order chi connectivity index (χ1) is 6.24. The van der Waals surface area contributed by atoms with E-state index in [-0.39, 0.29) is 0 Å². The Morgan fingerprint density at radius 3 is 2.92 bits per heavy atom. The van der Waals surface area contributed by atoms with Gasteiger partial charge in [-0.1, -0.05) is 0 Å². The summed E-state index contributed by atoms with van der Waals surface area (Å²) in [5.74, 6) is 0.752. The first-order valence-electron chi connectivity index (χ1n) is 4.14. The van der Waals surface area contributed by atoms with Crippen LogP contribution in [0.4, 0.5) is 5.69 Å². The molecule has 68 valence electrons. The average molecular weight is 176 g/mol. The predicted molar refractivity (Wildman–Crippen MR) is 54.0 cm³/mol. The highest BCUT2D eigenvalue weighted by Crippen LogP contribution is 2.33. The number of aromatic amines is 1. The minimum Gasteiger partial charge on any atom is -0.494 e. The molecule has 0 bridgehead atoms. The van der Waals surface area contributed by atoms with Gasteiger partial charge in [0.2, 0.25) is 0 Å². The molecule has 0 saturated heterocycles. The van der Waals surface area contributed by atoms with Crippen molar-refractivity contribution >= 4 is 16.6 Å². The van der Waals surface area contributed by atoms with E-state index in [1.807, 2.05) is 25.3 Å². The van der Waals surface area contributed by atoms with Crippen molar-refractivity contribution in [2.45, 2.75) is 6.92 Å². The van der Waals surface area contributed by atoms with Gasteiger partial charge in [-0.3, -0.25) is 0 Å². The van der Waals surface area contributed by atoms with Crippen LogP contribution in [0.15, 0.2) is 18.3 Å². The van der Waals surface area contributed by atoms with Gasteiger partial charge in [0.1, 0.15) is 0 Å². The van der Waals surface area contributed by atoms with Gasteiger partial charge in [0.25, 0.3) is 0 Å². The van der Waals surface area contributed by atoms with E-state index in [0.29, 0.717) is 5.69 Å². The van der Waals surface area contributed by atoms with E-state index in [4.69, 9.17) is 10.5 Å². The van der Waals surface area contributed by atoms with Crippen molar-refractivity contribution in [3.63, 3.8) is 0 Å². The van der Waals surface area contributed by atoms with Gasteiger partial charge in [0.05, 0.1) is 18.3 Å². The molecule has 2 aromatic rings. The van der Waals surface area contributed by atoms with Gasteiger partial charge >= 0.3 is 0 Å². The summed E-state index contributed by atoms with van der Waals surface area (Å²) in [6, 6.07) is 3.88. The van der Waals surface area contributed by atoms with Crippen molar-refractivity contribution in [2.24, 2.45) is 0 Å². The van der Waals surface area contributed by atoms with Gasteiger partial charge in [-0.15, -0.1) is 0 Å². The summed E-state index contributed by atoms with van der Waals surface area (Å²) >= 11 is 0. The van der Waals surface area contributed by atoms with E-state index >= 15 is 0 Å². The lowest BCUT2D eigenvalue weighted by molar-refractivity contribution is 0.422. The molecule has 0 aliphatic heterocycles. The second-order valence-electron chi connectivity index (χ2n) is 3.08. The van der Waals surface area contributed by atoms with E-state index in [0.717, 1.165) is 22.2 Å². The molecule has 0 spiro atoms. The zero-order valence-electron chi connectivity index (χ0n) is 7.72. The fourth-order valence-electron chi connectivity index (χ4n) is 1.64. The topological polar surface area (TPSA) is 51.0 Å². The van der Waals surface area contributed by atoms with E-state index in [2.05, 4.69) is 4.98 Å². The molecule has 0 aliphatic carbocycles. The molecule has 2 rings (SSSR count). The lowest BCUT2D eigenvalue weighted by Gasteiger charge is -2.07. The molecule has 3 heteroatoms. The molecule has 3 N–H and O–H groups in total. The average Bonchev–Trinajstić information content (AvgIpc) is 2.53. The number of aryl methyl sites for hydroxylation is 1. The maximum Gasteiger partial charge on any atom is 0.151 e. The summed E-state index contributed by atoms with van der Waals surface area (Å²) in [7, 11) is 1.63. The second kappa shape index (κ2) is 2.69. The van der Waals surface area contributed by atoms with Gasteiger partial charge in [-0.2, -0.15) is 0 Å². The number of benzene rings is 1.